The SMILES string of the molecule is O=C(c1ccc2n[nH]nc2c1)N1CCC[C@@H](c2ccncn2)C1. The van der Waals surface area contributed by atoms with Gasteiger partial charge in [0, 0.05) is 36.5 Å². The molecule has 7 nitrogen and oxygen atoms in total. The van der Waals surface area contributed by atoms with E-state index in [0.717, 1.165) is 30.6 Å². The molecule has 1 aliphatic rings. The topological polar surface area (TPSA) is 87.7 Å². The van der Waals surface area contributed by atoms with E-state index in [4.69, 9.17) is 0 Å². The molecule has 116 valence electrons. The Hall–Kier alpha value is -2.83. The van der Waals surface area contributed by atoms with Crippen molar-refractivity contribution in [2.24, 2.45) is 0 Å². The minimum absolute atomic E-state index is 0.0358. The van der Waals surface area contributed by atoms with Crippen LogP contribution in [0.15, 0.2) is 36.8 Å². The third kappa shape index (κ3) is 2.65. The number of fused-ring (bicyclic) bond motifs is 1. The van der Waals surface area contributed by atoms with E-state index in [9.17, 15) is 4.79 Å². The molecule has 0 radical (unpaired) electrons. The molecule has 2 aromatic heterocycles. The van der Waals surface area contributed by atoms with E-state index in [1.54, 1.807) is 18.6 Å². The molecule has 3 aromatic rings. The lowest BCUT2D eigenvalue weighted by Gasteiger charge is -2.32. The highest BCUT2D eigenvalue weighted by molar-refractivity contribution is 5.97. The van der Waals surface area contributed by atoms with Gasteiger partial charge in [-0.05, 0) is 37.1 Å². The second-order valence-corrected chi connectivity index (χ2v) is 5.75. The Morgan fingerprint density at radius 3 is 3.00 bits per heavy atom. The van der Waals surface area contributed by atoms with E-state index in [0.29, 0.717) is 17.6 Å². The summed E-state index contributed by atoms with van der Waals surface area (Å²) in [6, 6.07) is 7.34. The predicted octanol–water partition coefficient (Wildman–Crippen LogP) is 1.77. The van der Waals surface area contributed by atoms with Crippen molar-refractivity contribution in [2.45, 2.75) is 18.8 Å². The van der Waals surface area contributed by atoms with Gasteiger partial charge in [-0.3, -0.25) is 4.79 Å². The van der Waals surface area contributed by atoms with Gasteiger partial charge in [0.25, 0.3) is 5.91 Å². The number of carbonyl (C=O) groups excluding carboxylic acids is 1. The Balaban J connectivity index is 1.55. The summed E-state index contributed by atoms with van der Waals surface area (Å²) in [5.74, 6) is 0.306. The van der Waals surface area contributed by atoms with Crippen LogP contribution >= 0.6 is 0 Å². The van der Waals surface area contributed by atoms with E-state index in [1.165, 1.54) is 0 Å². The maximum atomic E-state index is 12.8. The molecule has 1 aromatic carbocycles. The van der Waals surface area contributed by atoms with Gasteiger partial charge in [-0.15, -0.1) is 0 Å². The maximum Gasteiger partial charge on any atom is 0.253 e. The summed E-state index contributed by atoms with van der Waals surface area (Å²) >= 11 is 0. The van der Waals surface area contributed by atoms with Gasteiger partial charge in [0.15, 0.2) is 0 Å². The number of aromatic nitrogens is 5. The number of nitrogens with zero attached hydrogens (tertiary/aromatic N) is 5. The van der Waals surface area contributed by atoms with Crippen LogP contribution in [0.1, 0.15) is 34.8 Å². The van der Waals surface area contributed by atoms with Crippen molar-refractivity contribution < 1.29 is 4.79 Å². The lowest BCUT2D eigenvalue weighted by atomic mass is 9.94. The summed E-state index contributed by atoms with van der Waals surface area (Å²) in [5, 5.41) is 10.6. The fraction of sp³-hybridized carbons (Fsp3) is 0.312. The zero-order chi connectivity index (χ0) is 15.6. The van der Waals surface area contributed by atoms with Crippen molar-refractivity contribution in [3.63, 3.8) is 0 Å². The van der Waals surface area contributed by atoms with E-state index >= 15 is 0 Å². The van der Waals surface area contributed by atoms with Crippen molar-refractivity contribution in [3.8, 4) is 0 Å². The number of nitrogens with one attached hydrogen (secondary N) is 1. The van der Waals surface area contributed by atoms with Crippen LogP contribution in [0.4, 0.5) is 0 Å². The quantitative estimate of drug-likeness (QED) is 0.779. The molecule has 0 saturated carbocycles. The maximum absolute atomic E-state index is 12.8. The fourth-order valence-electron chi connectivity index (χ4n) is 3.10. The molecule has 1 saturated heterocycles. The molecule has 4 rings (SSSR count). The van der Waals surface area contributed by atoms with Gasteiger partial charge in [0.1, 0.15) is 17.4 Å². The summed E-state index contributed by atoms with van der Waals surface area (Å²) in [6.45, 7) is 1.46. The van der Waals surface area contributed by atoms with Gasteiger partial charge in [-0.25, -0.2) is 9.97 Å². The standard InChI is InChI=1S/C16H16N6O/c23-16(11-3-4-14-15(8-11)20-21-19-14)22-7-1-2-12(9-22)13-5-6-17-10-18-13/h3-6,8,10,12H,1-2,7,9H2,(H,19,20,21)/t12-/m1/s1. The molecule has 7 heteroatoms. The first-order valence-electron chi connectivity index (χ1n) is 7.67. The van der Waals surface area contributed by atoms with E-state index < -0.39 is 0 Å². The molecule has 0 spiro atoms. The van der Waals surface area contributed by atoms with Crippen LogP contribution in [0.3, 0.4) is 0 Å². The van der Waals surface area contributed by atoms with Crippen molar-refractivity contribution in [1.29, 1.82) is 0 Å². The Labute approximate surface area is 132 Å². The van der Waals surface area contributed by atoms with Crippen molar-refractivity contribution >= 4 is 16.9 Å². The molecule has 3 heterocycles. The average Bonchev–Trinajstić information content (AvgIpc) is 3.09. The first kappa shape index (κ1) is 13.8. The number of hydrogen-bond acceptors (Lipinski definition) is 5. The van der Waals surface area contributed by atoms with Gasteiger partial charge in [-0.1, -0.05) is 0 Å². The van der Waals surface area contributed by atoms with Gasteiger partial charge in [0.2, 0.25) is 0 Å². The van der Waals surface area contributed by atoms with Crippen LogP contribution in [-0.4, -0.2) is 49.3 Å². The smallest absolute Gasteiger partial charge is 0.253 e. The number of aromatic amines is 1. The summed E-state index contributed by atoms with van der Waals surface area (Å²) in [6.07, 6.45) is 5.34. The van der Waals surface area contributed by atoms with Crippen LogP contribution in [0.25, 0.3) is 11.0 Å². The van der Waals surface area contributed by atoms with E-state index in [-0.39, 0.29) is 11.8 Å². The molecular weight excluding hydrogens is 292 g/mol. The predicted molar refractivity (Wildman–Crippen MR) is 83.8 cm³/mol. The minimum Gasteiger partial charge on any atom is -0.338 e. The highest BCUT2D eigenvalue weighted by Gasteiger charge is 2.26. The Morgan fingerprint density at radius 1 is 1.22 bits per heavy atom. The summed E-state index contributed by atoms with van der Waals surface area (Å²) in [4.78, 5) is 23.0. The number of piperidine rings is 1. The second-order valence-electron chi connectivity index (χ2n) is 5.75. The number of likely N-dealkylation sites (tertiary alicyclic amines) is 1. The Kier molecular flexibility index (Phi) is 3.45. The van der Waals surface area contributed by atoms with E-state index in [1.807, 2.05) is 23.1 Å². The average molecular weight is 308 g/mol. The molecule has 0 unspecified atom stereocenters. The monoisotopic (exact) mass is 308 g/mol. The second kappa shape index (κ2) is 5.75. The number of hydrogen-bond donors (Lipinski definition) is 1. The van der Waals surface area contributed by atoms with Crippen molar-refractivity contribution in [3.05, 3.63) is 48.0 Å². The van der Waals surface area contributed by atoms with Crippen LogP contribution in [-0.2, 0) is 0 Å². The molecule has 0 bridgehead atoms. The van der Waals surface area contributed by atoms with Crippen molar-refractivity contribution in [1.82, 2.24) is 30.3 Å². The molecule has 1 N–H and O–H groups in total. The highest BCUT2D eigenvalue weighted by Crippen LogP contribution is 2.26. The van der Waals surface area contributed by atoms with Gasteiger partial charge in [-0.2, -0.15) is 15.4 Å². The zero-order valence-corrected chi connectivity index (χ0v) is 12.5. The molecule has 1 aliphatic heterocycles. The Morgan fingerprint density at radius 2 is 2.13 bits per heavy atom. The third-order valence-corrected chi connectivity index (χ3v) is 4.29. The molecule has 1 amide bonds. The summed E-state index contributed by atoms with van der Waals surface area (Å²) < 4.78 is 0. The van der Waals surface area contributed by atoms with E-state index in [2.05, 4.69) is 25.4 Å². The molecule has 1 fully saturated rings. The molecule has 0 aliphatic carbocycles. The zero-order valence-electron chi connectivity index (χ0n) is 12.5. The van der Waals surface area contributed by atoms with Gasteiger partial charge >= 0.3 is 0 Å². The van der Waals surface area contributed by atoms with Gasteiger partial charge < -0.3 is 4.90 Å². The molecular formula is C16H16N6O. The first-order chi connectivity index (χ1) is 11.3. The summed E-state index contributed by atoms with van der Waals surface area (Å²) in [7, 11) is 0. The number of benzene rings is 1. The summed E-state index contributed by atoms with van der Waals surface area (Å²) in [5.41, 5.74) is 3.12. The largest absolute Gasteiger partial charge is 0.338 e. The lowest BCUT2D eigenvalue weighted by molar-refractivity contribution is 0.0706. The van der Waals surface area contributed by atoms with Crippen LogP contribution in [0.2, 0.25) is 0 Å². The molecule has 1 atom stereocenters. The minimum atomic E-state index is 0.0358. The Bertz CT molecular complexity index is 831. The highest BCUT2D eigenvalue weighted by atomic mass is 16.2. The van der Waals surface area contributed by atoms with Gasteiger partial charge in [0.05, 0.1) is 0 Å². The van der Waals surface area contributed by atoms with Crippen LogP contribution in [0, 0.1) is 0 Å². The fourth-order valence-corrected chi connectivity index (χ4v) is 3.10. The number of carbonyl (C=O) groups is 1. The van der Waals surface area contributed by atoms with Crippen molar-refractivity contribution in [2.75, 3.05) is 13.1 Å². The number of H-pyrrole nitrogens is 1. The van der Waals surface area contributed by atoms with Crippen LogP contribution in [0.5, 0.6) is 0 Å². The first-order valence-corrected chi connectivity index (χ1v) is 7.67. The van der Waals surface area contributed by atoms with Crippen LogP contribution < -0.4 is 0 Å². The third-order valence-electron chi connectivity index (χ3n) is 4.29. The normalized spacial score (nSPS) is 18.3. The molecule has 23 heavy (non-hydrogen) atoms. The number of rotatable bonds is 2. The number of amides is 1. The lowest BCUT2D eigenvalue weighted by Crippen LogP contribution is -2.39.